The number of hydrogen-bond acceptors (Lipinski definition) is 3. The first-order valence-corrected chi connectivity index (χ1v) is 6.94. The molecule has 0 saturated heterocycles. The fraction of sp³-hybridized carbons (Fsp3) is 0.118. The lowest BCUT2D eigenvalue weighted by atomic mass is 10.0. The third-order valence-corrected chi connectivity index (χ3v) is 3.83. The largest absolute Gasteiger partial charge is 0.508 e. The number of aromatic hydroxyl groups is 1. The Labute approximate surface area is 122 Å². The second kappa shape index (κ2) is 4.38. The summed E-state index contributed by atoms with van der Waals surface area (Å²) in [6.45, 7) is 1.98. The number of phenols is 1. The number of aromatic nitrogens is 2. The van der Waals surface area contributed by atoms with Gasteiger partial charge in [-0.05, 0) is 25.1 Å². The Bertz CT molecular complexity index is 822. The Morgan fingerprint density at radius 1 is 1.10 bits per heavy atom. The van der Waals surface area contributed by atoms with Crippen molar-refractivity contribution >= 4 is 5.69 Å². The maximum Gasteiger partial charge on any atom is 0.150 e. The summed E-state index contributed by atoms with van der Waals surface area (Å²) < 4.78 is 1.94. The molecule has 2 heterocycles. The summed E-state index contributed by atoms with van der Waals surface area (Å²) in [5, 5.41) is 18.2. The molecular formula is C17H15N3O. The van der Waals surface area contributed by atoms with Gasteiger partial charge in [-0.1, -0.05) is 36.4 Å². The van der Waals surface area contributed by atoms with Crippen molar-refractivity contribution in [2.75, 3.05) is 5.32 Å². The predicted molar refractivity (Wildman–Crippen MR) is 82.3 cm³/mol. The number of para-hydroxylation sites is 2. The van der Waals surface area contributed by atoms with Crippen molar-refractivity contribution in [3.8, 4) is 17.0 Å². The summed E-state index contributed by atoms with van der Waals surface area (Å²) in [6.07, 6.45) is -0.204. The Balaban J connectivity index is 1.94. The number of fused-ring (bicyclic) bond motifs is 3. The van der Waals surface area contributed by atoms with E-state index in [0.29, 0.717) is 0 Å². The van der Waals surface area contributed by atoms with Gasteiger partial charge in [-0.2, -0.15) is 5.10 Å². The van der Waals surface area contributed by atoms with E-state index < -0.39 is 0 Å². The molecule has 0 aliphatic carbocycles. The van der Waals surface area contributed by atoms with E-state index in [2.05, 4.69) is 22.5 Å². The first-order chi connectivity index (χ1) is 10.2. The fourth-order valence-electron chi connectivity index (χ4n) is 2.88. The summed E-state index contributed by atoms with van der Waals surface area (Å²) in [5.41, 5.74) is 5.03. The van der Waals surface area contributed by atoms with Crippen LogP contribution in [0.1, 0.15) is 17.4 Å². The first-order valence-electron chi connectivity index (χ1n) is 6.94. The van der Waals surface area contributed by atoms with Crippen molar-refractivity contribution in [3.05, 3.63) is 65.9 Å². The van der Waals surface area contributed by atoms with Crippen molar-refractivity contribution in [1.29, 1.82) is 0 Å². The number of nitrogens with one attached hydrogen (secondary N) is 1. The molecule has 0 fully saturated rings. The average Bonchev–Trinajstić information content (AvgIpc) is 2.89. The third-order valence-electron chi connectivity index (χ3n) is 3.83. The number of hydrogen-bond donors (Lipinski definition) is 2. The summed E-state index contributed by atoms with van der Waals surface area (Å²) in [5.74, 6) is 0.272. The van der Waals surface area contributed by atoms with Crippen LogP contribution in [0.5, 0.6) is 5.75 Å². The molecule has 3 aromatic rings. The molecule has 4 heteroatoms. The smallest absolute Gasteiger partial charge is 0.150 e. The van der Waals surface area contributed by atoms with E-state index in [1.165, 1.54) is 0 Å². The molecule has 2 aromatic carbocycles. The first kappa shape index (κ1) is 12.0. The van der Waals surface area contributed by atoms with Crippen molar-refractivity contribution in [3.63, 3.8) is 0 Å². The maximum absolute atomic E-state index is 10.2. The highest BCUT2D eigenvalue weighted by Gasteiger charge is 2.27. The second-order valence-corrected chi connectivity index (χ2v) is 5.27. The van der Waals surface area contributed by atoms with Gasteiger partial charge in [0.15, 0.2) is 6.17 Å². The number of phenolic OH excluding ortho intramolecular Hbond substituents is 1. The summed E-state index contributed by atoms with van der Waals surface area (Å²) in [4.78, 5) is 0. The third kappa shape index (κ3) is 1.80. The van der Waals surface area contributed by atoms with Crippen LogP contribution in [0.15, 0.2) is 54.6 Å². The van der Waals surface area contributed by atoms with Gasteiger partial charge in [0.25, 0.3) is 0 Å². The number of benzene rings is 2. The van der Waals surface area contributed by atoms with Crippen LogP contribution < -0.4 is 5.32 Å². The second-order valence-electron chi connectivity index (χ2n) is 5.27. The van der Waals surface area contributed by atoms with Crippen molar-refractivity contribution in [1.82, 2.24) is 9.78 Å². The number of anilines is 1. The minimum Gasteiger partial charge on any atom is -0.508 e. The molecule has 1 aliphatic rings. The monoisotopic (exact) mass is 277 g/mol. The minimum absolute atomic E-state index is 0.204. The maximum atomic E-state index is 10.2. The van der Waals surface area contributed by atoms with Gasteiger partial charge in [0.1, 0.15) is 5.75 Å². The van der Waals surface area contributed by atoms with E-state index in [4.69, 9.17) is 0 Å². The summed E-state index contributed by atoms with van der Waals surface area (Å²) in [7, 11) is 0. The SMILES string of the molecule is Cc1cc2n(n1)[C@@H](c1ccccc1O)Nc1ccccc1-2. The Morgan fingerprint density at radius 2 is 1.86 bits per heavy atom. The Kier molecular flexibility index (Phi) is 2.51. The zero-order chi connectivity index (χ0) is 14.4. The van der Waals surface area contributed by atoms with Crippen LogP contribution in [0, 0.1) is 6.92 Å². The van der Waals surface area contributed by atoms with Gasteiger partial charge >= 0.3 is 0 Å². The van der Waals surface area contributed by atoms with Crippen molar-refractivity contribution in [2.24, 2.45) is 0 Å². The normalized spacial score (nSPS) is 16.0. The van der Waals surface area contributed by atoms with Gasteiger partial charge in [0.2, 0.25) is 0 Å². The summed E-state index contributed by atoms with van der Waals surface area (Å²) in [6, 6.07) is 17.6. The van der Waals surface area contributed by atoms with E-state index in [0.717, 1.165) is 28.2 Å². The Hall–Kier alpha value is -2.75. The van der Waals surface area contributed by atoms with Crippen LogP contribution in [0.2, 0.25) is 0 Å². The van der Waals surface area contributed by atoms with Crippen LogP contribution in [-0.4, -0.2) is 14.9 Å². The molecule has 0 saturated carbocycles. The highest BCUT2D eigenvalue weighted by molar-refractivity contribution is 5.78. The molecule has 21 heavy (non-hydrogen) atoms. The lowest BCUT2D eigenvalue weighted by Gasteiger charge is -2.29. The van der Waals surface area contributed by atoms with Crippen LogP contribution in [0.3, 0.4) is 0 Å². The molecule has 0 radical (unpaired) electrons. The van der Waals surface area contributed by atoms with E-state index >= 15 is 0 Å². The molecule has 1 aromatic heterocycles. The van der Waals surface area contributed by atoms with Crippen molar-refractivity contribution in [2.45, 2.75) is 13.1 Å². The van der Waals surface area contributed by atoms with Crippen LogP contribution in [0.4, 0.5) is 5.69 Å². The van der Waals surface area contributed by atoms with E-state index in [9.17, 15) is 5.11 Å². The lowest BCUT2D eigenvalue weighted by molar-refractivity contribution is 0.452. The summed E-state index contributed by atoms with van der Waals surface area (Å²) >= 11 is 0. The van der Waals surface area contributed by atoms with Gasteiger partial charge in [-0.15, -0.1) is 0 Å². The van der Waals surface area contributed by atoms with Crippen molar-refractivity contribution < 1.29 is 5.11 Å². The van der Waals surface area contributed by atoms with Crippen LogP contribution in [-0.2, 0) is 0 Å². The standard InChI is InChI=1S/C17H15N3O/c1-11-10-15-12-6-2-4-8-14(12)18-17(20(15)19-11)13-7-3-5-9-16(13)21/h2-10,17-18,21H,1H3/t17-/m0/s1. The highest BCUT2D eigenvalue weighted by atomic mass is 16.3. The van der Waals surface area contributed by atoms with Gasteiger partial charge in [0.05, 0.1) is 11.4 Å². The molecular weight excluding hydrogens is 262 g/mol. The lowest BCUT2D eigenvalue weighted by Crippen LogP contribution is -2.25. The molecule has 4 rings (SSSR count). The average molecular weight is 277 g/mol. The van der Waals surface area contributed by atoms with E-state index in [-0.39, 0.29) is 11.9 Å². The van der Waals surface area contributed by atoms with Crippen LogP contribution >= 0.6 is 0 Å². The van der Waals surface area contributed by atoms with E-state index in [1.54, 1.807) is 6.07 Å². The van der Waals surface area contributed by atoms with E-state index in [1.807, 2.05) is 48.0 Å². The molecule has 1 atom stereocenters. The Morgan fingerprint density at radius 3 is 2.71 bits per heavy atom. The molecule has 2 N–H and O–H groups in total. The molecule has 0 bridgehead atoms. The van der Waals surface area contributed by atoms with Gasteiger partial charge in [-0.25, -0.2) is 4.68 Å². The van der Waals surface area contributed by atoms with Crippen LogP contribution in [0.25, 0.3) is 11.3 Å². The number of nitrogens with zero attached hydrogens (tertiary/aromatic N) is 2. The number of aryl methyl sites for hydroxylation is 1. The molecule has 0 unspecified atom stereocenters. The van der Waals surface area contributed by atoms with Gasteiger partial charge in [-0.3, -0.25) is 0 Å². The molecule has 1 aliphatic heterocycles. The topological polar surface area (TPSA) is 50.1 Å². The zero-order valence-corrected chi connectivity index (χ0v) is 11.6. The zero-order valence-electron chi connectivity index (χ0n) is 11.6. The highest BCUT2D eigenvalue weighted by Crippen LogP contribution is 2.39. The number of rotatable bonds is 1. The molecule has 0 amide bonds. The molecule has 0 spiro atoms. The quantitative estimate of drug-likeness (QED) is 0.715. The van der Waals surface area contributed by atoms with Gasteiger partial charge < -0.3 is 10.4 Å². The minimum atomic E-state index is -0.204. The predicted octanol–water partition coefficient (Wildman–Crippen LogP) is 3.54. The fourth-order valence-corrected chi connectivity index (χ4v) is 2.88. The molecule has 104 valence electrons. The molecule has 4 nitrogen and oxygen atoms in total. The van der Waals surface area contributed by atoms with Gasteiger partial charge in [0, 0.05) is 16.8 Å².